The zero-order chi connectivity index (χ0) is 13.9. The molecule has 20 heavy (non-hydrogen) atoms. The molecule has 0 radical (unpaired) electrons. The lowest BCUT2D eigenvalue weighted by Gasteiger charge is -2.25. The van der Waals surface area contributed by atoms with Crippen molar-refractivity contribution in [3.8, 4) is 0 Å². The number of likely N-dealkylation sites (N-methyl/N-ethyl adjacent to an activating group) is 1. The summed E-state index contributed by atoms with van der Waals surface area (Å²) in [5.41, 5.74) is 3.48. The summed E-state index contributed by atoms with van der Waals surface area (Å²) >= 11 is 6.34. The van der Waals surface area contributed by atoms with Crippen LogP contribution in [0.3, 0.4) is 0 Å². The van der Waals surface area contributed by atoms with Crippen molar-refractivity contribution in [1.82, 2.24) is 15.3 Å². The van der Waals surface area contributed by atoms with E-state index in [9.17, 15) is 0 Å². The molecule has 2 heterocycles. The largest absolute Gasteiger partial charge is 0.308 e. The summed E-state index contributed by atoms with van der Waals surface area (Å²) in [6, 6.07) is 8.09. The van der Waals surface area contributed by atoms with Crippen molar-refractivity contribution in [1.29, 1.82) is 0 Å². The molecule has 0 saturated carbocycles. The molecule has 0 aliphatic heterocycles. The number of nitrogens with zero attached hydrogens (tertiary/aromatic N) is 2. The quantitative estimate of drug-likeness (QED) is 0.935. The monoisotopic (exact) mass is 287 g/mol. The van der Waals surface area contributed by atoms with E-state index in [1.54, 1.807) is 6.20 Å². The van der Waals surface area contributed by atoms with Gasteiger partial charge in [0.25, 0.3) is 0 Å². The molecule has 4 heteroatoms. The number of aryl methyl sites for hydroxylation is 1. The van der Waals surface area contributed by atoms with E-state index >= 15 is 0 Å². The molecule has 0 saturated heterocycles. The van der Waals surface area contributed by atoms with Gasteiger partial charge in [-0.25, -0.2) is 0 Å². The van der Waals surface area contributed by atoms with Crippen LogP contribution in [-0.4, -0.2) is 16.5 Å². The van der Waals surface area contributed by atoms with Gasteiger partial charge >= 0.3 is 0 Å². The molecular weight excluding hydrogens is 270 g/mol. The standard InChI is InChI=1S/C16H18ClN3/c1-2-18-15(16-13(17)6-4-10-20-16)12-8-7-11-5-3-9-19-14(11)12/h3-6,9-10,12,15,18H,2,7-8H2,1H3. The molecule has 2 aromatic heterocycles. The lowest BCUT2D eigenvalue weighted by Crippen LogP contribution is -2.27. The van der Waals surface area contributed by atoms with E-state index in [-0.39, 0.29) is 6.04 Å². The van der Waals surface area contributed by atoms with Gasteiger partial charge in [-0.3, -0.25) is 9.97 Å². The van der Waals surface area contributed by atoms with Crippen LogP contribution in [0.25, 0.3) is 0 Å². The fraction of sp³-hybridized carbons (Fsp3) is 0.375. The van der Waals surface area contributed by atoms with E-state index in [1.165, 1.54) is 11.3 Å². The second-order valence-electron chi connectivity index (χ2n) is 5.10. The molecule has 0 amide bonds. The van der Waals surface area contributed by atoms with Crippen molar-refractivity contribution in [3.05, 3.63) is 58.6 Å². The zero-order valence-corrected chi connectivity index (χ0v) is 12.3. The third-order valence-electron chi connectivity index (χ3n) is 3.91. The van der Waals surface area contributed by atoms with E-state index in [2.05, 4.69) is 28.3 Å². The fourth-order valence-corrected chi connectivity index (χ4v) is 3.28. The van der Waals surface area contributed by atoms with Crippen molar-refractivity contribution < 1.29 is 0 Å². The molecule has 3 rings (SSSR count). The predicted molar refractivity (Wildman–Crippen MR) is 81.0 cm³/mol. The van der Waals surface area contributed by atoms with Crippen LogP contribution in [0, 0.1) is 0 Å². The van der Waals surface area contributed by atoms with Crippen LogP contribution in [0.1, 0.15) is 42.3 Å². The third-order valence-corrected chi connectivity index (χ3v) is 4.23. The number of halogens is 1. The first-order valence-corrected chi connectivity index (χ1v) is 7.46. The van der Waals surface area contributed by atoms with Crippen LogP contribution in [0.2, 0.25) is 5.02 Å². The lowest BCUT2D eigenvalue weighted by molar-refractivity contribution is 0.438. The summed E-state index contributed by atoms with van der Waals surface area (Å²) in [6.45, 7) is 2.99. The molecule has 0 fully saturated rings. The van der Waals surface area contributed by atoms with E-state index < -0.39 is 0 Å². The van der Waals surface area contributed by atoms with Crippen molar-refractivity contribution in [2.24, 2.45) is 0 Å². The van der Waals surface area contributed by atoms with Crippen molar-refractivity contribution in [2.75, 3.05) is 6.54 Å². The van der Waals surface area contributed by atoms with Gasteiger partial charge in [-0.05, 0) is 43.1 Å². The molecule has 3 nitrogen and oxygen atoms in total. The summed E-state index contributed by atoms with van der Waals surface area (Å²) in [4.78, 5) is 9.08. The Morgan fingerprint density at radius 1 is 1.30 bits per heavy atom. The maximum atomic E-state index is 6.34. The summed E-state index contributed by atoms with van der Waals surface area (Å²) in [6.07, 6.45) is 5.86. The van der Waals surface area contributed by atoms with Crippen LogP contribution in [0.4, 0.5) is 0 Å². The first-order valence-electron chi connectivity index (χ1n) is 7.09. The van der Waals surface area contributed by atoms with Gasteiger partial charge in [0.05, 0.1) is 16.8 Å². The minimum absolute atomic E-state index is 0.129. The summed E-state index contributed by atoms with van der Waals surface area (Å²) in [5.74, 6) is 0.346. The number of rotatable bonds is 4. The summed E-state index contributed by atoms with van der Waals surface area (Å²) in [7, 11) is 0. The Hall–Kier alpha value is -1.45. The maximum Gasteiger partial charge on any atom is 0.0765 e. The smallest absolute Gasteiger partial charge is 0.0765 e. The Morgan fingerprint density at radius 2 is 2.10 bits per heavy atom. The first kappa shape index (κ1) is 13.5. The van der Waals surface area contributed by atoms with Crippen LogP contribution in [0.5, 0.6) is 0 Å². The highest BCUT2D eigenvalue weighted by Crippen LogP contribution is 2.41. The van der Waals surface area contributed by atoms with Crippen LogP contribution in [0.15, 0.2) is 36.7 Å². The lowest BCUT2D eigenvalue weighted by atomic mass is 9.93. The van der Waals surface area contributed by atoms with Gasteiger partial charge in [-0.15, -0.1) is 0 Å². The molecular formula is C16H18ClN3. The highest BCUT2D eigenvalue weighted by molar-refractivity contribution is 6.31. The molecule has 104 valence electrons. The molecule has 0 spiro atoms. The maximum absolute atomic E-state index is 6.34. The molecule has 2 aromatic rings. The molecule has 1 aliphatic rings. The molecule has 1 aliphatic carbocycles. The fourth-order valence-electron chi connectivity index (χ4n) is 3.04. The van der Waals surface area contributed by atoms with Gasteiger partial charge in [0, 0.05) is 24.0 Å². The van der Waals surface area contributed by atoms with Gasteiger partial charge in [0.15, 0.2) is 0 Å². The van der Waals surface area contributed by atoms with Crippen molar-refractivity contribution in [2.45, 2.75) is 31.7 Å². The predicted octanol–water partition coefficient (Wildman–Crippen LogP) is 3.51. The van der Waals surface area contributed by atoms with Crippen LogP contribution in [-0.2, 0) is 6.42 Å². The highest BCUT2D eigenvalue weighted by atomic mass is 35.5. The number of hydrogen-bond donors (Lipinski definition) is 1. The van der Waals surface area contributed by atoms with Crippen LogP contribution >= 0.6 is 11.6 Å². The van der Waals surface area contributed by atoms with Crippen molar-refractivity contribution in [3.63, 3.8) is 0 Å². The average molecular weight is 288 g/mol. The van der Waals surface area contributed by atoms with Crippen molar-refractivity contribution >= 4 is 11.6 Å². The number of aromatic nitrogens is 2. The molecule has 2 unspecified atom stereocenters. The molecule has 0 aromatic carbocycles. The Morgan fingerprint density at radius 3 is 2.90 bits per heavy atom. The van der Waals surface area contributed by atoms with Gasteiger partial charge in [-0.1, -0.05) is 24.6 Å². The number of nitrogens with one attached hydrogen (secondary N) is 1. The SMILES string of the molecule is CCNC(c1ncccc1Cl)C1CCc2cccnc21. The second kappa shape index (κ2) is 5.90. The molecule has 0 bridgehead atoms. The topological polar surface area (TPSA) is 37.8 Å². The van der Waals surface area contributed by atoms with Gasteiger partial charge in [-0.2, -0.15) is 0 Å². The number of pyridine rings is 2. The minimum Gasteiger partial charge on any atom is -0.308 e. The molecule has 1 N–H and O–H groups in total. The third kappa shape index (κ3) is 2.43. The minimum atomic E-state index is 0.129. The van der Waals surface area contributed by atoms with Gasteiger partial charge in [0.1, 0.15) is 0 Å². The Balaban J connectivity index is 1.99. The normalized spacial score (nSPS) is 18.8. The van der Waals surface area contributed by atoms with E-state index in [1.807, 2.05) is 24.4 Å². The van der Waals surface area contributed by atoms with Gasteiger partial charge in [0.2, 0.25) is 0 Å². The van der Waals surface area contributed by atoms with E-state index in [0.717, 1.165) is 30.1 Å². The summed E-state index contributed by atoms with van der Waals surface area (Å²) in [5, 5.41) is 4.26. The summed E-state index contributed by atoms with van der Waals surface area (Å²) < 4.78 is 0. The second-order valence-corrected chi connectivity index (χ2v) is 5.51. The van der Waals surface area contributed by atoms with Crippen LogP contribution < -0.4 is 5.32 Å². The average Bonchev–Trinajstić information content (AvgIpc) is 2.90. The Kier molecular flexibility index (Phi) is 3.99. The van der Waals surface area contributed by atoms with Gasteiger partial charge < -0.3 is 5.32 Å². The zero-order valence-electron chi connectivity index (χ0n) is 11.5. The highest BCUT2D eigenvalue weighted by Gasteiger charge is 2.33. The Bertz CT molecular complexity index is 600. The number of hydrogen-bond acceptors (Lipinski definition) is 3. The first-order chi connectivity index (χ1) is 9.81. The molecule has 2 atom stereocenters. The Labute approximate surface area is 124 Å². The van der Waals surface area contributed by atoms with E-state index in [0.29, 0.717) is 5.92 Å². The number of fused-ring (bicyclic) bond motifs is 1. The van der Waals surface area contributed by atoms with E-state index in [4.69, 9.17) is 11.6 Å².